The van der Waals surface area contributed by atoms with Crippen LogP contribution >= 0.6 is 11.6 Å². The maximum absolute atomic E-state index is 11.2. The van der Waals surface area contributed by atoms with Gasteiger partial charge >= 0.3 is 6.09 Å². The van der Waals surface area contributed by atoms with Gasteiger partial charge in [-0.2, -0.15) is 0 Å². The summed E-state index contributed by atoms with van der Waals surface area (Å²) in [6, 6.07) is 10.1. The van der Waals surface area contributed by atoms with Crippen molar-refractivity contribution in [3.8, 4) is 0 Å². The number of carboxylic acid groups (broad SMARTS) is 1. The molecule has 0 saturated carbocycles. The van der Waals surface area contributed by atoms with Gasteiger partial charge in [0.25, 0.3) is 0 Å². The molecule has 0 spiro atoms. The zero-order valence-electron chi connectivity index (χ0n) is 10.8. The number of carbonyl (C=O) groups is 1. The Morgan fingerprint density at radius 3 is 2.79 bits per heavy atom. The number of rotatable bonds is 5. The molecule has 1 unspecified atom stereocenters. The molecular weight excluding hydrogens is 264 g/mol. The molecule has 1 amide bonds. The van der Waals surface area contributed by atoms with Crippen LogP contribution in [-0.4, -0.2) is 40.6 Å². The third-order valence-electron chi connectivity index (χ3n) is 3.70. The summed E-state index contributed by atoms with van der Waals surface area (Å²) in [6.07, 6.45) is 0.830. The van der Waals surface area contributed by atoms with Gasteiger partial charge in [0.05, 0.1) is 5.54 Å². The van der Waals surface area contributed by atoms with Gasteiger partial charge in [0.1, 0.15) is 0 Å². The number of nitrogens with zero attached hydrogens (tertiary/aromatic N) is 1. The number of likely N-dealkylation sites (tertiary alicyclic amines) is 1. The van der Waals surface area contributed by atoms with Crippen LogP contribution in [0.1, 0.15) is 18.4 Å². The van der Waals surface area contributed by atoms with E-state index >= 15 is 0 Å². The fourth-order valence-corrected chi connectivity index (χ4v) is 3.01. The lowest BCUT2D eigenvalue weighted by Crippen LogP contribution is -2.54. The van der Waals surface area contributed by atoms with Crippen molar-refractivity contribution in [2.75, 3.05) is 19.0 Å². The molecule has 0 bridgehead atoms. The highest BCUT2D eigenvalue weighted by Crippen LogP contribution is 2.30. The van der Waals surface area contributed by atoms with E-state index in [9.17, 15) is 9.90 Å². The minimum atomic E-state index is -0.875. The molecule has 1 aliphatic rings. The first-order valence-corrected chi connectivity index (χ1v) is 7.02. The molecule has 0 radical (unpaired) electrons. The van der Waals surface area contributed by atoms with Crippen molar-refractivity contribution in [3.63, 3.8) is 0 Å². The second-order valence-electron chi connectivity index (χ2n) is 4.98. The van der Waals surface area contributed by atoms with E-state index in [0.717, 1.165) is 19.4 Å². The average molecular weight is 283 g/mol. The van der Waals surface area contributed by atoms with Crippen LogP contribution in [0.15, 0.2) is 30.3 Å². The van der Waals surface area contributed by atoms with E-state index in [1.54, 1.807) is 0 Å². The number of amides is 1. The number of halogens is 1. The number of nitrogens with one attached hydrogen (secondary N) is 1. The third-order valence-corrected chi connectivity index (χ3v) is 4.20. The Morgan fingerprint density at radius 2 is 2.16 bits per heavy atom. The zero-order valence-corrected chi connectivity index (χ0v) is 11.6. The molecule has 5 heteroatoms. The second-order valence-corrected chi connectivity index (χ2v) is 5.25. The molecular formula is C14H19ClN2O2. The molecule has 2 N–H and O–H groups in total. The monoisotopic (exact) mass is 282 g/mol. The van der Waals surface area contributed by atoms with E-state index in [0.29, 0.717) is 19.0 Å². The third kappa shape index (κ3) is 3.19. The van der Waals surface area contributed by atoms with Crippen molar-refractivity contribution in [2.45, 2.75) is 24.9 Å². The first kappa shape index (κ1) is 14.2. The maximum atomic E-state index is 11.2. The summed E-state index contributed by atoms with van der Waals surface area (Å²) in [4.78, 5) is 12.7. The molecule has 1 heterocycles. The minimum absolute atomic E-state index is 0.334. The second kappa shape index (κ2) is 6.26. The van der Waals surface area contributed by atoms with Gasteiger partial charge < -0.3 is 15.3 Å². The van der Waals surface area contributed by atoms with Crippen LogP contribution in [0, 0.1) is 0 Å². The van der Waals surface area contributed by atoms with Crippen LogP contribution in [0.25, 0.3) is 0 Å². The van der Waals surface area contributed by atoms with Crippen LogP contribution < -0.4 is 5.32 Å². The Bertz CT molecular complexity index is 427. The van der Waals surface area contributed by atoms with Crippen molar-refractivity contribution in [1.29, 1.82) is 0 Å². The highest BCUT2D eigenvalue weighted by molar-refractivity contribution is 6.18. The quantitative estimate of drug-likeness (QED) is 0.816. The summed E-state index contributed by atoms with van der Waals surface area (Å²) in [7, 11) is 0. The number of alkyl halides is 1. The Balaban J connectivity index is 1.94. The highest BCUT2D eigenvalue weighted by atomic mass is 35.5. The molecule has 1 saturated heterocycles. The van der Waals surface area contributed by atoms with Crippen molar-refractivity contribution >= 4 is 17.7 Å². The van der Waals surface area contributed by atoms with E-state index in [2.05, 4.69) is 5.32 Å². The van der Waals surface area contributed by atoms with E-state index in [4.69, 9.17) is 11.6 Å². The van der Waals surface area contributed by atoms with E-state index < -0.39 is 11.6 Å². The summed E-state index contributed by atoms with van der Waals surface area (Å²) in [5, 5.41) is 12.6. The van der Waals surface area contributed by atoms with Crippen LogP contribution in [0.4, 0.5) is 4.79 Å². The Labute approximate surface area is 118 Å². The predicted molar refractivity (Wildman–Crippen MR) is 75.6 cm³/mol. The fraction of sp³-hybridized carbons (Fsp3) is 0.500. The van der Waals surface area contributed by atoms with Crippen molar-refractivity contribution in [3.05, 3.63) is 35.9 Å². The summed E-state index contributed by atoms with van der Waals surface area (Å²) in [5.74, 6) is 0.334. The molecule has 104 valence electrons. The summed E-state index contributed by atoms with van der Waals surface area (Å²) in [6.45, 7) is 1.90. The predicted octanol–water partition coefficient (Wildman–Crippen LogP) is 2.53. The van der Waals surface area contributed by atoms with Gasteiger partial charge in [0.2, 0.25) is 0 Å². The molecule has 0 aliphatic carbocycles. The molecule has 1 aromatic carbocycles. The Hall–Kier alpha value is -1.26. The van der Waals surface area contributed by atoms with Gasteiger partial charge in [-0.15, -0.1) is 11.6 Å². The number of hydrogen-bond donors (Lipinski definition) is 2. The van der Waals surface area contributed by atoms with Crippen LogP contribution in [0.2, 0.25) is 0 Å². The molecule has 1 atom stereocenters. The average Bonchev–Trinajstić information content (AvgIpc) is 2.85. The van der Waals surface area contributed by atoms with Crippen LogP contribution in [0.3, 0.4) is 0 Å². The lowest BCUT2D eigenvalue weighted by molar-refractivity contribution is 0.110. The number of benzene rings is 1. The van der Waals surface area contributed by atoms with Crippen LogP contribution in [-0.2, 0) is 6.54 Å². The Kier molecular flexibility index (Phi) is 4.66. The first-order chi connectivity index (χ1) is 9.18. The molecule has 0 aromatic heterocycles. The highest BCUT2D eigenvalue weighted by Gasteiger charge is 2.42. The summed E-state index contributed by atoms with van der Waals surface area (Å²) >= 11 is 6.04. The van der Waals surface area contributed by atoms with Crippen molar-refractivity contribution in [1.82, 2.24) is 10.2 Å². The number of hydrogen-bond acceptors (Lipinski definition) is 2. The van der Waals surface area contributed by atoms with Gasteiger partial charge in [-0.25, -0.2) is 4.79 Å². The largest absolute Gasteiger partial charge is 0.465 e. The molecule has 1 aromatic rings. The van der Waals surface area contributed by atoms with Gasteiger partial charge in [0, 0.05) is 25.5 Å². The normalized spacial score (nSPS) is 22.7. The van der Waals surface area contributed by atoms with Gasteiger partial charge in [-0.3, -0.25) is 0 Å². The minimum Gasteiger partial charge on any atom is -0.465 e. The topological polar surface area (TPSA) is 52.6 Å². The Morgan fingerprint density at radius 1 is 1.42 bits per heavy atom. The van der Waals surface area contributed by atoms with Crippen molar-refractivity contribution < 1.29 is 9.90 Å². The van der Waals surface area contributed by atoms with E-state index in [1.165, 1.54) is 10.5 Å². The molecule has 19 heavy (non-hydrogen) atoms. The molecule has 1 aliphatic heterocycles. The van der Waals surface area contributed by atoms with Gasteiger partial charge in [0.15, 0.2) is 0 Å². The zero-order chi connectivity index (χ0) is 13.7. The van der Waals surface area contributed by atoms with Gasteiger partial charge in [-0.1, -0.05) is 30.3 Å². The lowest BCUT2D eigenvalue weighted by Gasteiger charge is -2.35. The summed E-state index contributed by atoms with van der Waals surface area (Å²) in [5.41, 5.74) is 0.731. The van der Waals surface area contributed by atoms with Crippen LogP contribution in [0.5, 0.6) is 0 Å². The first-order valence-electron chi connectivity index (χ1n) is 6.49. The van der Waals surface area contributed by atoms with Gasteiger partial charge in [-0.05, 0) is 18.4 Å². The molecule has 4 nitrogen and oxygen atoms in total. The molecule has 2 rings (SSSR count). The van der Waals surface area contributed by atoms with E-state index in [-0.39, 0.29) is 0 Å². The standard InChI is InChI=1S/C14H19ClN2O2/c15-10-14(7-4-8-17(14)13(18)19)11-16-9-12-5-2-1-3-6-12/h1-3,5-6,16H,4,7-11H2,(H,18,19). The summed E-state index contributed by atoms with van der Waals surface area (Å²) < 4.78 is 0. The fourth-order valence-electron chi connectivity index (χ4n) is 2.64. The SMILES string of the molecule is O=C(O)N1CCCC1(CCl)CNCc1ccccc1. The lowest BCUT2D eigenvalue weighted by atomic mass is 9.98. The molecule has 1 fully saturated rings. The van der Waals surface area contributed by atoms with Crippen molar-refractivity contribution in [2.24, 2.45) is 0 Å². The maximum Gasteiger partial charge on any atom is 0.407 e. The van der Waals surface area contributed by atoms with E-state index in [1.807, 2.05) is 30.3 Å². The smallest absolute Gasteiger partial charge is 0.407 e.